The lowest BCUT2D eigenvalue weighted by molar-refractivity contribution is -0.132. The van der Waals surface area contributed by atoms with E-state index in [0.717, 1.165) is 0 Å². The van der Waals surface area contributed by atoms with E-state index in [1.807, 2.05) is 6.92 Å². The van der Waals surface area contributed by atoms with Crippen molar-refractivity contribution in [1.82, 2.24) is 4.90 Å². The van der Waals surface area contributed by atoms with E-state index in [1.165, 1.54) is 6.92 Å². The minimum Gasteiger partial charge on any atom is -0.368 e. The highest BCUT2D eigenvalue weighted by molar-refractivity contribution is 5.79. The Hall–Kier alpha value is -0.710. The first-order valence-corrected chi connectivity index (χ1v) is 5.29. The zero-order valence-corrected chi connectivity index (χ0v) is 9.17. The maximum Gasteiger partial charge on any atom is 0.253 e. The van der Waals surface area contributed by atoms with Crippen LogP contribution in [0.1, 0.15) is 26.7 Å². The third-order valence-corrected chi connectivity index (χ3v) is 3.12. The maximum absolute atomic E-state index is 13.2. The van der Waals surface area contributed by atoms with Gasteiger partial charge in [-0.25, -0.2) is 8.78 Å². The van der Waals surface area contributed by atoms with Gasteiger partial charge in [0.15, 0.2) is 0 Å². The molecule has 1 fully saturated rings. The molecule has 1 heterocycles. The van der Waals surface area contributed by atoms with E-state index in [9.17, 15) is 13.6 Å². The van der Waals surface area contributed by atoms with E-state index in [4.69, 9.17) is 5.73 Å². The molecule has 1 amide bonds. The SMILES string of the molecule is CC[C@H](C(N)=O)N1CCC(F)(F)[C@@H](C)C1. The number of amides is 1. The lowest BCUT2D eigenvalue weighted by Crippen LogP contribution is -2.53. The van der Waals surface area contributed by atoms with Crippen molar-refractivity contribution < 1.29 is 13.6 Å². The first-order chi connectivity index (χ1) is 6.88. The Morgan fingerprint density at radius 1 is 1.67 bits per heavy atom. The van der Waals surface area contributed by atoms with Crippen LogP contribution in [0.2, 0.25) is 0 Å². The van der Waals surface area contributed by atoms with Gasteiger partial charge in [0.05, 0.1) is 6.04 Å². The minimum atomic E-state index is -2.60. The number of alkyl halides is 2. The summed E-state index contributed by atoms with van der Waals surface area (Å²) in [4.78, 5) is 12.9. The van der Waals surface area contributed by atoms with Gasteiger partial charge in [0, 0.05) is 25.4 Å². The summed E-state index contributed by atoms with van der Waals surface area (Å²) in [6, 6.07) is -0.399. The maximum atomic E-state index is 13.2. The number of primary amides is 1. The molecule has 0 spiro atoms. The van der Waals surface area contributed by atoms with E-state index in [0.29, 0.717) is 6.42 Å². The summed E-state index contributed by atoms with van der Waals surface area (Å²) in [5.74, 6) is -3.73. The average Bonchev–Trinajstić information content (AvgIpc) is 2.12. The summed E-state index contributed by atoms with van der Waals surface area (Å²) in [6.45, 7) is 3.85. The predicted molar refractivity (Wildman–Crippen MR) is 53.6 cm³/mol. The van der Waals surface area contributed by atoms with Crippen LogP contribution >= 0.6 is 0 Å². The molecule has 0 radical (unpaired) electrons. The Morgan fingerprint density at radius 3 is 2.67 bits per heavy atom. The molecule has 15 heavy (non-hydrogen) atoms. The number of likely N-dealkylation sites (tertiary alicyclic amines) is 1. The van der Waals surface area contributed by atoms with Gasteiger partial charge in [-0.1, -0.05) is 13.8 Å². The Labute approximate surface area is 88.6 Å². The topological polar surface area (TPSA) is 46.3 Å². The zero-order valence-electron chi connectivity index (χ0n) is 9.17. The number of hydrogen-bond donors (Lipinski definition) is 1. The van der Waals surface area contributed by atoms with Gasteiger partial charge in [-0.2, -0.15) is 0 Å². The molecule has 0 aromatic heterocycles. The van der Waals surface area contributed by atoms with Crippen molar-refractivity contribution in [3.8, 4) is 0 Å². The van der Waals surface area contributed by atoms with Crippen molar-refractivity contribution in [3.63, 3.8) is 0 Å². The summed E-state index contributed by atoms with van der Waals surface area (Å²) in [7, 11) is 0. The molecule has 2 atom stereocenters. The highest BCUT2D eigenvalue weighted by Gasteiger charge is 2.43. The number of piperidine rings is 1. The highest BCUT2D eigenvalue weighted by atomic mass is 19.3. The van der Waals surface area contributed by atoms with Crippen LogP contribution in [0.4, 0.5) is 8.78 Å². The van der Waals surface area contributed by atoms with Gasteiger partial charge < -0.3 is 5.73 Å². The van der Waals surface area contributed by atoms with Crippen LogP contribution in [0, 0.1) is 5.92 Å². The fourth-order valence-corrected chi connectivity index (χ4v) is 2.04. The number of hydrogen-bond acceptors (Lipinski definition) is 2. The lowest BCUT2D eigenvalue weighted by atomic mass is 9.94. The number of carbonyl (C=O) groups is 1. The number of halogens is 2. The van der Waals surface area contributed by atoms with Gasteiger partial charge in [-0.15, -0.1) is 0 Å². The molecule has 0 saturated carbocycles. The quantitative estimate of drug-likeness (QED) is 0.777. The average molecular weight is 220 g/mol. The summed E-state index contributed by atoms with van der Waals surface area (Å²) >= 11 is 0. The van der Waals surface area contributed by atoms with Crippen LogP contribution in [0.5, 0.6) is 0 Å². The molecular formula is C10H18F2N2O. The molecular weight excluding hydrogens is 202 g/mol. The second-order valence-corrected chi connectivity index (χ2v) is 4.23. The van der Waals surface area contributed by atoms with E-state index in [-0.39, 0.29) is 19.5 Å². The Kier molecular flexibility index (Phi) is 3.65. The predicted octanol–water partition coefficient (Wildman–Crippen LogP) is 1.23. The largest absolute Gasteiger partial charge is 0.368 e. The third-order valence-electron chi connectivity index (χ3n) is 3.12. The Bertz CT molecular complexity index is 246. The van der Waals surface area contributed by atoms with E-state index in [1.54, 1.807) is 4.90 Å². The molecule has 0 aromatic carbocycles. The molecule has 0 aromatic rings. The second kappa shape index (κ2) is 4.43. The fraction of sp³-hybridized carbons (Fsp3) is 0.900. The van der Waals surface area contributed by atoms with Gasteiger partial charge in [0.25, 0.3) is 5.92 Å². The van der Waals surface area contributed by atoms with Crippen molar-refractivity contribution >= 4 is 5.91 Å². The van der Waals surface area contributed by atoms with E-state index in [2.05, 4.69) is 0 Å². The summed E-state index contributed by atoms with van der Waals surface area (Å²) in [6.07, 6.45) is 0.394. The van der Waals surface area contributed by atoms with Crippen LogP contribution in [0.15, 0.2) is 0 Å². The van der Waals surface area contributed by atoms with Crippen LogP contribution < -0.4 is 5.73 Å². The van der Waals surface area contributed by atoms with Gasteiger partial charge in [0.2, 0.25) is 5.91 Å². The normalized spacial score (nSPS) is 28.7. The standard InChI is InChI=1S/C10H18F2N2O/c1-3-8(9(13)15)14-5-4-10(11,12)7(2)6-14/h7-8H,3-6H2,1-2H3,(H2,13,15)/t7-,8+/m0/s1. The molecule has 1 saturated heterocycles. The van der Waals surface area contributed by atoms with Crippen molar-refractivity contribution in [2.24, 2.45) is 11.7 Å². The van der Waals surface area contributed by atoms with Gasteiger partial charge in [0.1, 0.15) is 0 Å². The molecule has 3 nitrogen and oxygen atoms in total. The highest BCUT2D eigenvalue weighted by Crippen LogP contribution is 2.33. The van der Waals surface area contributed by atoms with Gasteiger partial charge in [-0.05, 0) is 6.42 Å². The van der Waals surface area contributed by atoms with E-state index >= 15 is 0 Å². The Balaban J connectivity index is 2.64. The number of nitrogens with zero attached hydrogens (tertiary/aromatic N) is 1. The summed E-state index contributed by atoms with van der Waals surface area (Å²) in [5.41, 5.74) is 5.22. The van der Waals surface area contributed by atoms with Crippen molar-refractivity contribution in [1.29, 1.82) is 0 Å². The number of carbonyl (C=O) groups excluding carboxylic acids is 1. The molecule has 1 aliphatic rings. The van der Waals surface area contributed by atoms with E-state index < -0.39 is 23.8 Å². The smallest absolute Gasteiger partial charge is 0.253 e. The zero-order chi connectivity index (χ0) is 11.6. The van der Waals surface area contributed by atoms with Crippen LogP contribution in [-0.2, 0) is 4.79 Å². The molecule has 0 unspecified atom stereocenters. The van der Waals surface area contributed by atoms with Gasteiger partial charge >= 0.3 is 0 Å². The van der Waals surface area contributed by atoms with Crippen LogP contribution in [0.25, 0.3) is 0 Å². The summed E-state index contributed by atoms with van der Waals surface area (Å²) in [5, 5.41) is 0. The molecule has 5 heteroatoms. The molecule has 0 aliphatic carbocycles. The third kappa shape index (κ3) is 2.65. The van der Waals surface area contributed by atoms with Crippen molar-refractivity contribution in [3.05, 3.63) is 0 Å². The monoisotopic (exact) mass is 220 g/mol. The van der Waals surface area contributed by atoms with Gasteiger partial charge in [-0.3, -0.25) is 9.69 Å². The van der Waals surface area contributed by atoms with Crippen molar-refractivity contribution in [2.75, 3.05) is 13.1 Å². The molecule has 1 rings (SSSR count). The first-order valence-electron chi connectivity index (χ1n) is 5.29. The number of nitrogens with two attached hydrogens (primary N) is 1. The lowest BCUT2D eigenvalue weighted by Gasteiger charge is -2.39. The fourth-order valence-electron chi connectivity index (χ4n) is 2.04. The second-order valence-electron chi connectivity index (χ2n) is 4.23. The number of rotatable bonds is 3. The molecule has 88 valence electrons. The first kappa shape index (κ1) is 12.4. The molecule has 0 bridgehead atoms. The van der Waals surface area contributed by atoms with Crippen LogP contribution in [0.3, 0.4) is 0 Å². The molecule has 1 aliphatic heterocycles. The minimum absolute atomic E-state index is 0.183. The van der Waals surface area contributed by atoms with Crippen LogP contribution in [-0.4, -0.2) is 35.9 Å². The van der Waals surface area contributed by atoms with Crippen molar-refractivity contribution in [2.45, 2.75) is 38.7 Å². The summed E-state index contributed by atoms with van der Waals surface area (Å²) < 4.78 is 26.4. The Morgan fingerprint density at radius 2 is 2.27 bits per heavy atom. The molecule has 2 N–H and O–H groups in total.